The van der Waals surface area contributed by atoms with E-state index in [1.165, 1.54) is 11.1 Å². The van der Waals surface area contributed by atoms with Crippen molar-refractivity contribution in [3.63, 3.8) is 0 Å². The molecule has 0 saturated carbocycles. The van der Waals surface area contributed by atoms with Gasteiger partial charge in [-0.1, -0.05) is 36.4 Å². The molecule has 0 amide bonds. The normalized spacial score (nSPS) is 11.5. The molecule has 0 heterocycles. The van der Waals surface area contributed by atoms with Gasteiger partial charge in [0.25, 0.3) is 0 Å². The molecule has 0 spiro atoms. The van der Waals surface area contributed by atoms with Crippen LogP contribution in [0.5, 0.6) is 11.5 Å². The molecule has 0 fully saturated rings. The first-order valence-electron chi connectivity index (χ1n) is 11.8. The molecule has 0 saturated heterocycles. The molecule has 0 aromatic heterocycles. The van der Waals surface area contributed by atoms with E-state index in [1.807, 2.05) is 36.4 Å². The highest BCUT2D eigenvalue weighted by atomic mass is 31.2. The summed E-state index contributed by atoms with van der Waals surface area (Å²) in [6.07, 6.45) is 0.648. The topological polar surface area (TPSA) is 63.2 Å². The van der Waals surface area contributed by atoms with Gasteiger partial charge >= 0.3 is 7.60 Å². The van der Waals surface area contributed by atoms with E-state index in [2.05, 4.69) is 38.1 Å². The summed E-state index contributed by atoms with van der Waals surface area (Å²) in [5.74, 6) is 1.43. The minimum Gasteiger partial charge on any atom is -0.481 e. The van der Waals surface area contributed by atoms with Gasteiger partial charge in [0.05, 0.1) is 13.2 Å². The summed E-state index contributed by atoms with van der Waals surface area (Å²) < 4.78 is 40.1. The molecule has 3 aromatic rings. The number of hydrogen-bond donors (Lipinski definition) is 0. The smallest absolute Gasteiger partial charge is 0.367 e. The van der Waals surface area contributed by atoms with Crippen molar-refractivity contribution in [1.82, 2.24) is 0 Å². The molecular weight excluding hydrogens is 463 g/mol. The Morgan fingerprint density at radius 3 is 2.09 bits per heavy atom. The van der Waals surface area contributed by atoms with Gasteiger partial charge in [-0.15, -0.1) is 0 Å². The quantitative estimate of drug-likeness (QED) is 0.184. The number of ether oxygens (including phenoxy) is 3. The molecule has 0 radical (unpaired) electrons. The average molecular weight is 499 g/mol. The van der Waals surface area contributed by atoms with Crippen molar-refractivity contribution in [2.24, 2.45) is 0 Å². The lowest BCUT2D eigenvalue weighted by Gasteiger charge is -2.19. The Labute approximate surface area is 208 Å². The van der Waals surface area contributed by atoms with Crippen molar-refractivity contribution in [3.05, 3.63) is 82.9 Å². The minimum atomic E-state index is -3.27. The molecule has 188 valence electrons. The fourth-order valence-electron chi connectivity index (χ4n) is 3.96. The molecule has 0 aliphatic rings. The van der Waals surface area contributed by atoms with Crippen LogP contribution >= 0.6 is 7.60 Å². The van der Waals surface area contributed by atoms with Gasteiger partial charge in [-0.25, -0.2) is 0 Å². The van der Waals surface area contributed by atoms with Gasteiger partial charge < -0.3 is 23.3 Å². The fraction of sp³-hybridized carbons (Fsp3) is 0.357. The summed E-state index contributed by atoms with van der Waals surface area (Å²) in [5, 5.41) is 0. The van der Waals surface area contributed by atoms with Gasteiger partial charge in [0.1, 0.15) is 11.5 Å². The number of rotatable bonds is 13. The molecule has 0 N–H and O–H groups in total. The van der Waals surface area contributed by atoms with Crippen molar-refractivity contribution < 1.29 is 27.8 Å². The first-order valence-corrected chi connectivity index (χ1v) is 13.5. The van der Waals surface area contributed by atoms with E-state index in [0.29, 0.717) is 19.0 Å². The van der Waals surface area contributed by atoms with E-state index in [-0.39, 0.29) is 13.1 Å². The van der Waals surface area contributed by atoms with E-state index < -0.39 is 7.60 Å². The summed E-state index contributed by atoms with van der Waals surface area (Å²) in [4.78, 5) is 0. The molecular formula is C28H35O6P. The summed E-state index contributed by atoms with van der Waals surface area (Å²) >= 11 is 0. The predicted molar refractivity (Wildman–Crippen MR) is 139 cm³/mol. The zero-order chi connectivity index (χ0) is 25.3. The van der Waals surface area contributed by atoms with Crippen LogP contribution in [-0.2, 0) is 24.8 Å². The number of methoxy groups -OCH3 is 1. The molecule has 35 heavy (non-hydrogen) atoms. The molecule has 3 rings (SSSR count). The number of hydrogen-bond acceptors (Lipinski definition) is 6. The monoisotopic (exact) mass is 498 g/mol. The van der Waals surface area contributed by atoms with Crippen LogP contribution in [0, 0.1) is 13.8 Å². The van der Waals surface area contributed by atoms with Crippen LogP contribution in [0.4, 0.5) is 0 Å². The maximum absolute atomic E-state index is 12.7. The second kappa shape index (κ2) is 12.9. The Balaban J connectivity index is 1.83. The van der Waals surface area contributed by atoms with E-state index in [0.717, 1.165) is 34.4 Å². The van der Waals surface area contributed by atoms with Gasteiger partial charge in [-0.2, -0.15) is 0 Å². The van der Waals surface area contributed by atoms with Crippen molar-refractivity contribution in [1.29, 1.82) is 0 Å². The van der Waals surface area contributed by atoms with Crippen LogP contribution in [-0.4, -0.2) is 33.5 Å². The minimum absolute atomic E-state index is 0.115. The standard InChI is InChI=1S/C28H35O6P/c1-6-33-35(29,34-7-2)20-32-25-15-21(3)26(22(4)16-25)17-23-13-14-28(31-19-30-5)27(18-23)24-11-9-8-10-12-24/h8-16,18H,6-7,17,19-20H2,1-5H3. The lowest BCUT2D eigenvalue weighted by molar-refractivity contribution is 0.0515. The van der Waals surface area contributed by atoms with Crippen LogP contribution in [0.15, 0.2) is 60.7 Å². The van der Waals surface area contributed by atoms with Crippen molar-refractivity contribution in [2.75, 3.05) is 33.5 Å². The summed E-state index contributed by atoms with van der Waals surface area (Å²) in [5.41, 5.74) is 6.71. The molecule has 0 bridgehead atoms. The fourth-order valence-corrected chi connectivity index (χ4v) is 5.28. The van der Waals surface area contributed by atoms with E-state index >= 15 is 0 Å². The third kappa shape index (κ3) is 7.42. The van der Waals surface area contributed by atoms with E-state index in [9.17, 15) is 4.57 Å². The van der Waals surface area contributed by atoms with Crippen LogP contribution in [0.25, 0.3) is 11.1 Å². The third-order valence-electron chi connectivity index (χ3n) is 5.55. The highest BCUT2D eigenvalue weighted by Gasteiger charge is 2.25. The van der Waals surface area contributed by atoms with Crippen LogP contribution in [0.1, 0.15) is 36.1 Å². The van der Waals surface area contributed by atoms with Crippen molar-refractivity contribution >= 4 is 7.60 Å². The Morgan fingerprint density at radius 1 is 0.829 bits per heavy atom. The average Bonchev–Trinajstić information content (AvgIpc) is 2.85. The van der Waals surface area contributed by atoms with Crippen LogP contribution in [0.2, 0.25) is 0 Å². The second-order valence-electron chi connectivity index (χ2n) is 8.18. The van der Waals surface area contributed by atoms with Crippen LogP contribution in [0.3, 0.4) is 0 Å². The van der Waals surface area contributed by atoms with E-state index in [1.54, 1.807) is 21.0 Å². The first-order chi connectivity index (χ1) is 16.9. The van der Waals surface area contributed by atoms with Gasteiger partial charge in [0.15, 0.2) is 13.1 Å². The number of benzene rings is 3. The SMILES string of the molecule is CCOP(=O)(COc1cc(C)c(Cc2ccc(OCOC)c(-c3ccccc3)c2)c(C)c1)OCC. The Bertz CT molecular complexity index is 1110. The molecule has 0 aliphatic carbocycles. The lowest BCUT2D eigenvalue weighted by atomic mass is 9.93. The molecule has 7 heteroatoms. The van der Waals surface area contributed by atoms with Crippen molar-refractivity contribution in [2.45, 2.75) is 34.1 Å². The highest BCUT2D eigenvalue weighted by molar-refractivity contribution is 7.53. The maximum Gasteiger partial charge on any atom is 0.367 e. The second-order valence-corrected chi connectivity index (χ2v) is 10.2. The van der Waals surface area contributed by atoms with E-state index in [4.69, 9.17) is 23.3 Å². The van der Waals surface area contributed by atoms with Gasteiger partial charge in [-0.3, -0.25) is 4.57 Å². The van der Waals surface area contributed by atoms with Gasteiger partial charge in [0.2, 0.25) is 0 Å². The maximum atomic E-state index is 12.7. The zero-order valence-corrected chi connectivity index (χ0v) is 22.1. The molecule has 3 aromatic carbocycles. The number of aryl methyl sites for hydroxylation is 2. The Kier molecular flexibility index (Phi) is 9.93. The molecule has 0 aliphatic heterocycles. The highest BCUT2D eigenvalue weighted by Crippen LogP contribution is 2.48. The molecule has 0 unspecified atom stereocenters. The lowest BCUT2D eigenvalue weighted by Crippen LogP contribution is -2.06. The summed E-state index contributed by atoms with van der Waals surface area (Å²) in [6.45, 7) is 8.50. The van der Waals surface area contributed by atoms with Crippen molar-refractivity contribution in [3.8, 4) is 22.6 Å². The third-order valence-corrected chi connectivity index (χ3v) is 7.30. The molecule has 6 nitrogen and oxygen atoms in total. The Hall–Kier alpha value is -2.63. The Morgan fingerprint density at radius 2 is 1.49 bits per heavy atom. The van der Waals surface area contributed by atoms with Gasteiger partial charge in [0, 0.05) is 12.7 Å². The van der Waals surface area contributed by atoms with Gasteiger partial charge in [-0.05, 0) is 86.2 Å². The molecule has 0 atom stereocenters. The zero-order valence-electron chi connectivity index (χ0n) is 21.2. The largest absolute Gasteiger partial charge is 0.481 e. The predicted octanol–water partition coefficient (Wildman–Crippen LogP) is 7.15. The van der Waals surface area contributed by atoms with Crippen LogP contribution < -0.4 is 9.47 Å². The summed E-state index contributed by atoms with van der Waals surface area (Å²) in [6, 6.07) is 20.4. The summed E-state index contributed by atoms with van der Waals surface area (Å²) in [7, 11) is -1.66. The first kappa shape index (κ1) is 27.0.